The number of hydrogen-bond donors (Lipinski definition) is 5. The Bertz CT molecular complexity index is 743. The van der Waals surface area contributed by atoms with Crippen molar-refractivity contribution in [2.75, 3.05) is 18.5 Å². The Morgan fingerprint density at radius 1 is 1.29 bits per heavy atom. The number of nitrogens with zero attached hydrogens (tertiary/aromatic N) is 3. The number of rotatable bonds is 5. The van der Waals surface area contributed by atoms with Crippen molar-refractivity contribution in [3.63, 3.8) is 0 Å². The van der Waals surface area contributed by atoms with Crippen molar-refractivity contribution in [1.82, 2.24) is 20.2 Å². The van der Waals surface area contributed by atoms with Gasteiger partial charge >= 0.3 is 0 Å². The van der Waals surface area contributed by atoms with Crippen LogP contribution in [0.15, 0.2) is 18.0 Å². The van der Waals surface area contributed by atoms with E-state index < -0.39 is 24.4 Å². The van der Waals surface area contributed by atoms with Crippen molar-refractivity contribution in [3.8, 4) is 0 Å². The molecule has 0 unspecified atom stereocenters. The quantitative estimate of drug-likeness (QED) is 0.477. The van der Waals surface area contributed by atoms with E-state index in [0.717, 1.165) is 0 Å². The van der Waals surface area contributed by atoms with Gasteiger partial charge in [-0.15, -0.1) is 0 Å². The third kappa shape index (κ3) is 2.98. The van der Waals surface area contributed by atoms with E-state index in [2.05, 4.69) is 25.5 Å². The molecule has 0 radical (unpaired) electrons. The van der Waals surface area contributed by atoms with Crippen molar-refractivity contribution in [2.24, 2.45) is 0 Å². The van der Waals surface area contributed by atoms with Gasteiger partial charge in [-0.25, -0.2) is 9.97 Å². The van der Waals surface area contributed by atoms with Gasteiger partial charge in [0.25, 0.3) is 0 Å². The zero-order valence-electron chi connectivity index (χ0n) is 13.5. The van der Waals surface area contributed by atoms with Crippen molar-refractivity contribution in [3.05, 3.63) is 23.7 Å². The average Bonchev–Trinajstić information content (AvgIpc) is 3.10. The Kier molecular flexibility index (Phi) is 4.76. The van der Waals surface area contributed by atoms with Crippen LogP contribution in [0.5, 0.6) is 0 Å². The predicted molar refractivity (Wildman–Crippen MR) is 86.3 cm³/mol. The van der Waals surface area contributed by atoms with Crippen LogP contribution in [-0.4, -0.2) is 66.9 Å². The van der Waals surface area contributed by atoms with E-state index in [0.29, 0.717) is 29.1 Å². The highest BCUT2D eigenvalue weighted by Gasteiger charge is 2.44. The first kappa shape index (κ1) is 16.8. The lowest BCUT2D eigenvalue weighted by Gasteiger charge is -2.12. The Morgan fingerprint density at radius 3 is 2.75 bits per heavy atom. The number of ether oxygens (including phenoxy) is 1. The fourth-order valence-corrected chi connectivity index (χ4v) is 2.67. The van der Waals surface area contributed by atoms with Crippen LogP contribution >= 0.6 is 0 Å². The fraction of sp³-hybridized carbons (Fsp3) is 0.533. The summed E-state index contributed by atoms with van der Waals surface area (Å²) in [6.45, 7) is 4.23. The number of aliphatic hydroxyl groups is 3. The van der Waals surface area contributed by atoms with Gasteiger partial charge in [-0.3, -0.25) is 5.10 Å². The molecule has 9 nitrogen and oxygen atoms in total. The van der Waals surface area contributed by atoms with Gasteiger partial charge in [-0.05, 0) is 13.8 Å². The van der Waals surface area contributed by atoms with Crippen molar-refractivity contribution in [1.29, 1.82) is 0 Å². The average molecular weight is 335 g/mol. The molecule has 0 aromatic carbocycles. The number of hydrogen-bond acceptors (Lipinski definition) is 8. The van der Waals surface area contributed by atoms with E-state index in [1.54, 1.807) is 0 Å². The summed E-state index contributed by atoms with van der Waals surface area (Å²) in [6, 6.07) is 0. The third-order valence-electron chi connectivity index (χ3n) is 3.97. The van der Waals surface area contributed by atoms with Gasteiger partial charge in [0.15, 0.2) is 11.3 Å². The monoisotopic (exact) mass is 335 g/mol. The van der Waals surface area contributed by atoms with E-state index in [-0.39, 0.29) is 6.61 Å². The molecule has 4 atom stereocenters. The molecule has 2 aromatic rings. The first-order valence-electron chi connectivity index (χ1n) is 7.71. The van der Waals surface area contributed by atoms with E-state index in [4.69, 9.17) is 4.74 Å². The highest BCUT2D eigenvalue weighted by molar-refractivity contribution is 5.87. The number of anilines is 1. The first-order chi connectivity index (χ1) is 11.5. The van der Waals surface area contributed by atoms with Crippen LogP contribution in [0.25, 0.3) is 11.0 Å². The van der Waals surface area contributed by atoms with Gasteiger partial charge in [-0.1, -0.05) is 11.6 Å². The minimum absolute atomic E-state index is 0.384. The van der Waals surface area contributed by atoms with Crippen LogP contribution in [0.4, 0.5) is 5.82 Å². The predicted octanol–water partition coefficient (Wildman–Crippen LogP) is -0.115. The number of allylic oxidation sites excluding steroid dienone is 1. The molecular weight excluding hydrogens is 314 g/mol. The summed E-state index contributed by atoms with van der Waals surface area (Å²) < 4.78 is 5.53. The van der Waals surface area contributed by atoms with Gasteiger partial charge in [0.05, 0.1) is 12.3 Å². The van der Waals surface area contributed by atoms with E-state index >= 15 is 0 Å². The molecule has 1 aliphatic heterocycles. The molecule has 3 heterocycles. The van der Waals surface area contributed by atoms with Crippen LogP contribution < -0.4 is 5.32 Å². The Balaban J connectivity index is 1.90. The van der Waals surface area contributed by atoms with Crippen LogP contribution in [0.2, 0.25) is 0 Å². The van der Waals surface area contributed by atoms with Crippen molar-refractivity contribution >= 4 is 16.9 Å². The minimum Gasteiger partial charge on any atom is -0.394 e. The molecule has 0 amide bonds. The lowest BCUT2D eigenvalue weighted by atomic mass is 10.1. The van der Waals surface area contributed by atoms with Crippen molar-refractivity contribution < 1.29 is 20.1 Å². The van der Waals surface area contributed by atoms with Crippen molar-refractivity contribution in [2.45, 2.75) is 38.3 Å². The van der Waals surface area contributed by atoms with Crippen LogP contribution in [0.3, 0.4) is 0 Å². The summed E-state index contributed by atoms with van der Waals surface area (Å²) in [5.41, 5.74) is 2.65. The van der Waals surface area contributed by atoms with Crippen LogP contribution in [0.1, 0.15) is 25.6 Å². The molecule has 0 bridgehead atoms. The number of nitrogens with one attached hydrogen (secondary N) is 2. The molecule has 9 heteroatoms. The lowest BCUT2D eigenvalue weighted by molar-refractivity contribution is -0.0236. The number of aromatic amines is 1. The molecule has 5 N–H and O–H groups in total. The molecule has 2 aromatic heterocycles. The highest BCUT2D eigenvalue weighted by atomic mass is 16.6. The van der Waals surface area contributed by atoms with Gasteiger partial charge in [0.2, 0.25) is 0 Å². The molecule has 1 saturated heterocycles. The van der Waals surface area contributed by atoms with Gasteiger partial charge in [0, 0.05) is 6.54 Å². The highest BCUT2D eigenvalue weighted by Crippen LogP contribution is 2.35. The number of fused-ring (bicyclic) bond motifs is 1. The molecule has 130 valence electrons. The Morgan fingerprint density at radius 2 is 2.08 bits per heavy atom. The molecule has 1 aliphatic rings. The summed E-state index contributed by atoms with van der Waals surface area (Å²) in [6.07, 6.45) is -0.623. The second-order valence-corrected chi connectivity index (χ2v) is 5.98. The molecule has 0 aliphatic carbocycles. The smallest absolute Gasteiger partial charge is 0.158 e. The Hall–Kier alpha value is -2.07. The maximum Gasteiger partial charge on any atom is 0.158 e. The standard InChI is InChI=1S/C15H21N5O4/c1-7(2)3-4-16-15-11-9(17-6-18-15)10(19-20-11)14-13(23)12(22)8(5-21)24-14/h3,6,8,12-14,21-23H,4-5H2,1-2H3,(H,19,20)(H,16,17,18)/t8-,12-,13-,14+/m1/s1. The molecule has 3 rings (SSSR count). The number of H-pyrrole nitrogens is 1. The molecule has 1 fully saturated rings. The maximum absolute atomic E-state index is 10.2. The SMILES string of the molecule is CC(C)=CCNc1ncnc2c([C@@H]3O[C@H](CO)[C@@H](O)[C@H]3O)[nH]nc12. The summed E-state index contributed by atoms with van der Waals surface area (Å²) in [4.78, 5) is 8.39. The Labute approximate surface area is 138 Å². The second kappa shape index (κ2) is 6.81. The third-order valence-corrected chi connectivity index (χ3v) is 3.97. The van der Waals surface area contributed by atoms with Crippen LogP contribution in [-0.2, 0) is 4.74 Å². The normalized spacial score (nSPS) is 26.7. The zero-order valence-corrected chi connectivity index (χ0v) is 13.5. The second-order valence-electron chi connectivity index (χ2n) is 5.98. The molecule has 0 spiro atoms. The first-order valence-corrected chi connectivity index (χ1v) is 7.71. The van der Waals surface area contributed by atoms with Gasteiger partial charge in [-0.2, -0.15) is 5.10 Å². The lowest BCUT2D eigenvalue weighted by Crippen LogP contribution is -2.32. The van der Waals surface area contributed by atoms with E-state index in [1.165, 1.54) is 11.9 Å². The summed E-state index contributed by atoms with van der Waals surface area (Å²) in [7, 11) is 0. The zero-order chi connectivity index (χ0) is 17.3. The fourth-order valence-electron chi connectivity index (χ4n) is 2.67. The largest absolute Gasteiger partial charge is 0.394 e. The minimum atomic E-state index is -1.18. The summed E-state index contributed by atoms with van der Waals surface area (Å²) in [5, 5.41) is 39.4. The van der Waals surface area contributed by atoms with E-state index in [1.807, 2.05) is 19.9 Å². The molecule has 0 saturated carbocycles. The molecular formula is C15H21N5O4. The number of aliphatic hydroxyl groups excluding tert-OH is 3. The number of aromatic nitrogens is 4. The summed E-state index contributed by atoms with van der Waals surface area (Å²) >= 11 is 0. The summed E-state index contributed by atoms with van der Waals surface area (Å²) in [5.74, 6) is 0.562. The molecule has 24 heavy (non-hydrogen) atoms. The van der Waals surface area contributed by atoms with Gasteiger partial charge < -0.3 is 25.4 Å². The van der Waals surface area contributed by atoms with Crippen LogP contribution in [0, 0.1) is 0 Å². The maximum atomic E-state index is 10.2. The van der Waals surface area contributed by atoms with Gasteiger partial charge in [0.1, 0.15) is 36.3 Å². The topological polar surface area (TPSA) is 136 Å². The van der Waals surface area contributed by atoms with E-state index in [9.17, 15) is 15.3 Å².